The topological polar surface area (TPSA) is 50.2 Å². The Morgan fingerprint density at radius 2 is 2.12 bits per heavy atom. The van der Waals surface area contributed by atoms with Crippen molar-refractivity contribution in [3.63, 3.8) is 0 Å². The highest BCUT2D eigenvalue weighted by molar-refractivity contribution is 5.92. The van der Waals surface area contributed by atoms with Crippen molar-refractivity contribution in [1.82, 2.24) is 4.98 Å². The second kappa shape index (κ2) is 4.53. The van der Waals surface area contributed by atoms with Crippen LogP contribution in [0, 0.1) is 5.92 Å². The third-order valence-electron chi connectivity index (χ3n) is 2.85. The third-order valence-corrected chi connectivity index (χ3v) is 2.85. The first-order chi connectivity index (χ1) is 8.09. The van der Waals surface area contributed by atoms with Crippen molar-refractivity contribution < 1.29 is 9.90 Å². The zero-order valence-electron chi connectivity index (χ0n) is 9.97. The zero-order chi connectivity index (χ0) is 12.4. The van der Waals surface area contributed by atoms with Gasteiger partial charge in [-0.05, 0) is 17.7 Å². The molecule has 88 valence electrons. The SMILES string of the molecule is CC(C)C(=O)Cc1ccc(O)c2ncccc12. The molecule has 0 saturated carbocycles. The van der Waals surface area contributed by atoms with Gasteiger partial charge in [-0.2, -0.15) is 0 Å². The maximum absolute atomic E-state index is 11.8. The number of aromatic hydroxyl groups is 1. The molecule has 0 aliphatic carbocycles. The maximum Gasteiger partial charge on any atom is 0.141 e. The lowest BCUT2D eigenvalue weighted by Gasteiger charge is -2.08. The lowest BCUT2D eigenvalue weighted by atomic mass is 9.98. The molecule has 1 aromatic carbocycles. The summed E-state index contributed by atoms with van der Waals surface area (Å²) >= 11 is 0. The molecule has 0 atom stereocenters. The van der Waals surface area contributed by atoms with Crippen LogP contribution in [0.5, 0.6) is 5.75 Å². The Kier molecular flexibility index (Phi) is 3.09. The van der Waals surface area contributed by atoms with Gasteiger partial charge in [0, 0.05) is 23.9 Å². The van der Waals surface area contributed by atoms with Crippen LogP contribution in [0.4, 0.5) is 0 Å². The summed E-state index contributed by atoms with van der Waals surface area (Å²) in [6.07, 6.45) is 2.02. The summed E-state index contributed by atoms with van der Waals surface area (Å²) in [5.74, 6) is 0.373. The highest BCUT2D eigenvalue weighted by Crippen LogP contribution is 2.26. The standard InChI is InChI=1S/C14H15NO2/c1-9(2)13(17)8-10-5-6-12(16)14-11(10)4-3-7-15-14/h3-7,9,16H,8H2,1-2H3. The molecule has 1 heterocycles. The Labute approximate surface area is 100 Å². The minimum atomic E-state index is 0.0236. The molecule has 0 saturated heterocycles. The average Bonchev–Trinajstić information content (AvgIpc) is 2.33. The Hall–Kier alpha value is -1.90. The predicted molar refractivity (Wildman–Crippen MR) is 67.0 cm³/mol. The molecule has 0 aliphatic heterocycles. The number of pyridine rings is 1. The maximum atomic E-state index is 11.8. The van der Waals surface area contributed by atoms with Crippen molar-refractivity contribution >= 4 is 16.7 Å². The summed E-state index contributed by atoms with van der Waals surface area (Å²) in [5, 5.41) is 10.5. The fraction of sp³-hybridized carbons (Fsp3) is 0.286. The number of Topliss-reactive ketones (excluding diaryl/α,β-unsaturated/α-hetero) is 1. The van der Waals surface area contributed by atoms with Crippen LogP contribution in [0.3, 0.4) is 0 Å². The summed E-state index contributed by atoms with van der Waals surface area (Å²) < 4.78 is 0. The Balaban J connectivity index is 2.48. The van der Waals surface area contributed by atoms with Crippen LogP contribution < -0.4 is 0 Å². The Morgan fingerprint density at radius 1 is 1.35 bits per heavy atom. The van der Waals surface area contributed by atoms with E-state index in [0.717, 1.165) is 10.9 Å². The fourth-order valence-corrected chi connectivity index (χ4v) is 1.76. The number of benzene rings is 1. The summed E-state index contributed by atoms with van der Waals surface area (Å²) in [4.78, 5) is 15.9. The van der Waals surface area contributed by atoms with E-state index >= 15 is 0 Å². The average molecular weight is 229 g/mol. The van der Waals surface area contributed by atoms with E-state index < -0.39 is 0 Å². The molecule has 0 aliphatic rings. The van der Waals surface area contributed by atoms with Crippen molar-refractivity contribution in [3.05, 3.63) is 36.0 Å². The smallest absolute Gasteiger partial charge is 0.141 e. The molecular weight excluding hydrogens is 214 g/mol. The number of carbonyl (C=O) groups is 1. The number of hydrogen-bond donors (Lipinski definition) is 1. The van der Waals surface area contributed by atoms with Crippen molar-refractivity contribution in [2.75, 3.05) is 0 Å². The summed E-state index contributed by atoms with van der Waals surface area (Å²) in [6, 6.07) is 7.08. The van der Waals surface area contributed by atoms with Gasteiger partial charge in [-0.1, -0.05) is 26.0 Å². The van der Waals surface area contributed by atoms with Gasteiger partial charge >= 0.3 is 0 Å². The van der Waals surface area contributed by atoms with Crippen molar-refractivity contribution in [3.8, 4) is 5.75 Å². The van der Waals surface area contributed by atoms with E-state index in [-0.39, 0.29) is 17.5 Å². The molecule has 0 fully saturated rings. The molecule has 0 bridgehead atoms. The molecule has 0 amide bonds. The van der Waals surface area contributed by atoms with Gasteiger partial charge in [0.25, 0.3) is 0 Å². The number of aromatic nitrogens is 1. The van der Waals surface area contributed by atoms with E-state index in [4.69, 9.17) is 0 Å². The van der Waals surface area contributed by atoms with Crippen LogP contribution in [0.2, 0.25) is 0 Å². The summed E-state index contributed by atoms with van der Waals surface area (Å²) in [6.45, 7) is 3.78. The first-order valence-corrected chi connectivity index (χ1v) is 5.68. The number of phenolic OH excluding ortho intramolecular Hbond substituents is 1. The number of carbonyl (C=O) groups excluding carboxylic acids is 1. The van der Waals surface area contributed by atoms with Gasteiger partial charge in [0.1, 0.15) is 17.0 Å². The lowest BCUT2D eigenvalue weighted by Crippen LogP contribution is -2.10. The summed E-state index contributed by atoms with van der Waals surface area (Å²) in [7, 11) is 0. The molecule has 0 spiro atoms. The molecule has 0 radical (unpaired) electrons. The number of phenols is 1. The molecule has 17 heavy (non-hydrogen) atoms. The van der Waals surface area contributed by atoms with Crippen LogP contribution in [0.1, 0.15) is 19.4 Å². The van der Waals surface area contributed by atoms with Crippen molar-refractivity contribution in [1.29, 1.82) is 0 Å². The van der Waals surface area contributed by atoms with Crippen molar-refractivity contribution in [2.45, 2.75) is 20.3 Å². The molecule has 1 aromatic heterocycles. The van der Waals surface area contributed by atoms with Gasteiger partial charge in [0.2, 0.25) is 0 Å². The molecule has 3 heteroatoms. The second-order valence-corrected chi connectivity index (χ2v) is 4.44. The fourth-order valence-electron chi connectivity index (χ4n) is 1.76. The Bertz CT molecular complexity index is 561. The third kappa shape index (κ3) is 2.28. The van der Waals surface area contributed by atoms with Gasteiger partial charge in [-0.15, -0.1) is 0 Å². The largest absolute Gasteiger partial charge is 0.506 e. The minimum Gasteiger partial charge on any atom is -0.506 e. The predicted octanol–water partition coefficient (Wildman–Crippen LogP) is 2.71. The van der Waals surface area contributed by atoms with Gasteiger partial charge < -0.3 is 5.11 Å². The molecule has 3 nitrogen and oxygen atoms in total. The molecule has 0 unspecified atom stereocenters. The number of nitrogens with zero attached hydrogens (tertiary/aromatic N) is 1. The molecular formula is C14H15NO2. The first kappa shape index (κ1) is 11.6. The number of ketones is 1. The van der Waals surface area contributed by atoms with Crippen LogP contribution in [-0.2, 0) is 11.2 Å². The Morgan fingerprint density at radius 3 is 2.82 bits per heavy atom. The van der Waals surface area contributed by atoms with Crippen LogP contribution in [-0.4, -0.2) is 15.9 Å². The van der Waals surface area contributed by atoms with Crippen LogP contribution >= 0.6 is 0 Å². The van der Waals surface area contributed by atoms with E-state index in [1.54, 1.807) is 18.3 Å². The quantitative estimate of drug-likeness (QED) is 0.880. The zero-order valence-corrected chi connectivity index (χ0v) is 9.97. The number of rotatable bonds is 3. The van der Waals surface area contributed by atoms with Gasteiger partial charge in [0.05, 0.1) is 0 Å². The lowest BCUT2D eigenvalue weighted by molar-refractivity contribution is -0.121. The number of hydrogen-bond acceptors (Lipinski definition) is 3. The summed E-state index contributed by atoms with van der Waals surface area (Å²) in [5.41, 5.74) is 1.48. The normalized spacial score (nSPS) is 11.0. The van der Waals surface area contributed by atoms with Crippen LogP contribution in [0.15, 0.2) is 30.5 Å². The van der Waals surface area contributed by atoms with E-state index in [0.29, 0.717) is 11.9 Å². The minimum absolute atomic E-state index is 0.0236. The molecule has 2 rings (SSSR count). The highest BCUT2D eigenvalue weighted by Gasteiger charge is 2.12. The second-order valence-electron chi connectivity index (χ2n) is 4.44. The molecule has 1 N–H and O–H groups in total. The van der Waals surface area contributed by atoms with Crippen LogP contribution in [0.25, 0.3) is 10.9 Å². The monoisotopic (exact) mass is 229 g/mol. The van der Waals surface area contributed by atoms with Crippen molar-refractivity contribution in [2.24, 2.45) is 5.92 Å². The van der Waals surface area contributed by atoms with Gasteiger partial charge in [-0.25, -0.2) is 0 Å². The first-order valence-electron chi connectivity index (χ1n) is 5.68. The van der Waals surface area contributed by atoms with Gasteiger partial charge in [0.15, 0.2) is 0 Å². The molecule has 2 aromatic rings. The highest BCUT2D eigenvalue weighted by atomic mass is 16.3. The van der Waals surface area contributed by atoms with E-state index in [1.807, 2.05) is 26.0 Å². The van der Waals surface area contributed by atoms with E-state index in [2.05, 4.69) is 4.98 Å². The number of fused-ring (bicyclic) bond motifs is 1. The van der Waals surface area contributed by atoms with E-state index in [9.17, 15) is 9.90 Å². The van der Waals surface area contributed by atoms with Gasteiger partial charge in [-0.3, -0.25) is 9.78 Å². The van der Waals surface area contributed by atoms with E-state index in [1.165, 1.54) is 0 Å².